The summed E-state index contributed by atoms with van der Waals surface area (Å²) in [6.45, 7) is 0. The summed E-state index contributed by atoms with van der Waals surface area (Å²) in [5.41, 5.74) is -21.0. The fraction of sp³-hybridized carbons (Fsp3) is 0.217. The third-order valence-electron chi connectivity index (χ3n) is 5.20. The van der Waals surface area contributed by atoms with Crippen molar-refractivity contribution in [2.24, 2.45) is 0 Å². The molecule has 29 heteroatoms. The summed E-state index contributed by atoms with van der Waals surface area (Å²) in [5.74, 6) is -1.18. The molecule has 4 aromatic rings. The van der Waals surface area contributed by atoms with E-state index in [0.717, 1.165) is 18.2 Å². The molecule has 0 aliphatic rings. The second kappa shape index (κ2) is 14.6. The van der Waals surface area contributed by atoms with Crippen LogP contribution in [0.5, 0.6) is 11.5 Å². The highest BCUT2D eigenvalue weighted by Crippen LogP contribution is 2.37. The van der Waals surface area contributed by atoms with Gasteiger partial charge in [-0.25, -0.2) is 9.97 Å². The molecule has 0 amide bonds. The smallest absolute Gasteiger partial charge is 0.507 e. The summed E-state index contributed by atoms with van der Waals surface area (Å²) in [5, 5.41) is 9.35. The van der Waals surface area contributed by atoms with Crippen LogP contribution in [-0.2, 0) is 46.3 Å². The fourth-order valence-corrected chi connectivity index (χ4v) is 5.04. The maximum Gasteiger partial charge on any atom is 0.534 e. The first kappa shape index (κ1) is 43.8. The number of hydrogen-bond acceptors (Lipinski definition) is 11. The number of aromatic nitrogens is 2. The molecule has 0 saturated heterocycles. The number of rotatable bonds is 4. The molecular formula is C23H11F15N2O9S3. The molecule has 1 N–H and O–H groups in total. The first-order valence-electron chi connectivity index (χ1n) is 12.1. The number of fused-ring (bicyclic) bond motifs is 2. The van der Waals surface area contributed by atoms with Crippen LogP contribution in [0.2, 0.25) is 0 Å². The van der Waals surface area contributed by atoms with Crippen LogP contribution in [0.1, 0.15) is 11.4 Å². The molecule has 290 valence electrons. The van der Waals surface area contributed by atoms with Gasteiger partial charge in [-0.3, -0.25) is 0 Å². The monoisotopic (exact) mass is 840 g/mol. The quantitative estimate of drug-likeness (QED) is 0.126. The van der Waals surface area contributed by atoms with Gasteiger partial charge in [0.05, 0.1) is 11.0 Å². The predicted molar refractivity (Wildman–Crippen MR) is 142 cm³/mol. The molecule has 2 aromatic carbocycles. The Morgan fingerprint density at radius 2 is 0.923 bits per heavy atom. The van der Waals surface area contributed by atoms with E-state index in [1.165, 1.54) is 36.4 Å². The highest BCUT2D eigenvalue weighted by Gasteiger charge is 2.57. The highest BCUT2D eigenvalue weighted by molar-refractivity contribution is 8.00. The lowest BCUT2D eigenvalue weighted by Crippen LogP contribution is -2.34. The van der Waals surface area contributed by atoms with Gasteiger partial charge >= 0.3 is 59.2 Å². The number of pyridine rings is 2. The summed E-state index contributed by atoms with van der Waals surface area (Å²) in [7, 11) is -19.8. The fourth-order valence-electron chi connectivity index (χ4n) is 3.01. The zero-order valence-corrected chi connectivity index (χ0v) is 26.2. The number of aromatic hydroxyl groups is 1. The molecule has 0 fully saturated rings. The van der Waals surface area contributed by atoms with Gasteiger partial charge in [0.15, 0.2) is 5.75 Å². The SMILES string of the molecule is O=S(=O)(OS(=O)(=O)C(F)(F)F)C(F)(F)F.O=S(=O)(Oc1cc(C(F)(F)F)nc2ccccc12)C(F)(F)F.Oc1cccc2nc(C(F)(F)F)ccc12. The van der Waals surface area contributed by atoms with Gasteiger partial charge in [-0.2, -0.15) is 91.1 Å². The third kappa shape index (κ3) is 10.8. The Labute approximate surface area is 278 Å². The lowest BCUT2D eigenvalue weighted by Gasteiger charge is -2.13. The van der Waals surface area contributed by atoms with Crippen molar-refractivity contribution in [3.63, 3.8) is 0 Å². The van der Waals surface area contributed by atoms with Crippen LogP contribution in [0.4, 0.5) is 65.9 Å². The molecule has 0 aliphatic carbocycles. The third-order valence-corrected chi connectivity index (χ3v) is 8.73. The molecule has 0 aliphatic heterocycles. The Morgan fingerprint density at radius 1 is 0.500 bits per heavy atom. The van der Waals surface area contributed by atoms with E-state index in [9.17, 15) is 96.2 Å². The topological polar surface area (TPSA) is 167 Å². The van der Waals surface area contributed by atoms with Crippen LogP contribution >= 0.6 is 0 Å². The number of alkyl halides is 15. The molecule has 0 radical (unpaired) electrons. The molecule has 0 saturated carbocycles. The Bertz CT molecular complexity index is 2210. The first-order valence-corrected chi connectivity index (χ1v) is 16.3. The maximum absolute atomic E-state index is 12.7. The predicted octanol–water partition coefficient (Wildman–Crippen LogP) is 7.14. The van der Waals surface area contributed by atoms with Gasteiger partial charge in [-0.05, 0) is 36.4 Å². The standard InChI is InChI=1S/C11H5F6NO3S.C10H6F3NO.C2F6O5S2/c12-10(13,14)9-5-8(21-22(19,20)11(15,16)17)6-3-1-2-4-7(6)18-9;11-10(12,13)9-5-4-6-7(14-9)2-1-3-8(6)15;3-1(4,5)14(9,10)13-15(11,12)2(6,7)8/h1-5H;1-5,15H;. The van der Waals surface area contributed by atoms with Gasteiger partial charge in [0, 0.05) is 16.8 Å². The summed E-state index contributed by atoms with van der Waals surface area (Å²) in [6.07, 6.45) is -9.44. The number of hydrogen-bond donors (Lipinski definition) is 1. The molecule has 0 unspecified atom stereocenters. The minimum atomic E-state index is -6.85. The average Bonchev–Trinajstić information content (AvgIpc) is 2.94. The molecule has 0 atom stereocenters. The van der Waals surface area contributed by atoms with Gasteiger partial charge in [-0.15, -0.1) is 3.63 Å². The van der Waals surface area contributed by atoms with Crippen molar-refractivity contribution in [3.05, 3.63) is 72.1 Å². The molecule has 0 bridgehead atoms. The number of para-hydroxylation sites is 1. The maximum atomic E-state index is 12.7. The number of phenols is 1. The number of halogens is 15. The molecular weight excluding hydrogens is 829 g/mol. The van der Waals surface area contributed by atoms with Gasteiger partial charge in [0.25, 0.3) is 0 Å². The van der Waals surface area contributed by atoms with E-state index < -0.39 is 76.4 Å². The van der Waals surface area contributed by atoms with Crippen LogP contribution in [0.25, 0.3) is 21.8 Å². The Hall–Kier alpha value is -4.38. The summed E-state index contributed by atoms with van der Waals surface area (Å²) in [6, 6.07) is 11.2. The van der Waals surface area contributed by atoms with Crippen molar-refractivity contribution in [2.75, 3.05) is 0 Å². The summed E-state index contributed by atoms with van der Waals surface area (Å²) >= 11 is 0. The van der Waals surface area contributed by atoms with Crippen molar-refractivity contribution in [1.82, 2.24) is 9.97 Å². The first-order chi connectivity index (χ1) is 23.1. The number of phenolic OH excluding ortho intramolecular Hbond substituents is 1. The lowest BCUT2D eigenvalue weighted by molar-refractivity contribution is -0.141. The van der Waals surface area contributed by atoms with Crippen LogP contribution in [0.3, 0.4) is 0 Å². The van der Waals surface area contributed by atoms with Crippen LogP contribution < -0.4 is 4.18 Å². The van der Waals surface area contributed by atoms with E-state index in [1.807, 2.05) is 3.63 Å². The Morgan fingerprint density at radius 3 is 1.38 bits per heavy atom. The van der Waals surface area contributed by atoms with E-state index in [4.69, 9.17) is 0 Å². The summed E-state index contributed by atoms with van der Waals surface area (Å²) < 4.78 is 248. The molecule has 4 rings (SSSR count). The van der Waals surface area contributed by atoms with E-state index in [2.05, 4.69) is 14.2 Å². The molecule has 0 spiro atoms. The zero-order valence-electron chi connectivity index (χ0n) is 23.8. The minimum Gasteiger partial charge on any atom is -0.507 e. The van der Waals surface area contributed by atoms with Crippen molar-refractivity contribution in [3.8, 4) is 11.5 Å². The van der Waals surface area contributed by atoms with Gasteiger partial charge < -0.3 is 9.29 Å². The average molecular weight is 841 g/mol. The van der Waals surface area contributed by atoms with Crippen molar-refractivity contribution in [2.45, 2.75) is 28.9 Å². The largest absolute Gasteiger partial charge is 0.534 e. The van der Waals surface area contributed by atoms with E-state index >= 15 is 0 Å². The van der Waals surface area contributed by atoms with Crippen LogP contribution in [0.15, 0.2) is 60.7 Å². The Balaban J connectivity index is 0.000000279. The normalized spacial score (nSPS) is 13.5. The zero-order chi connectivity index (χ0) is 40.5. The number of benzene rings is 2. The highest BCUT2D eigenvalue weighted by atomic mass is 32.3. The number of nitrogens with zero attached hydrogens (tertiary/aromatic N) is 2. The van der Waals surface area contributed by atoms with Gasteiger partial charge in [0.1, 0.15) is 17.1 Å². The minimum absolute atomic E-state index is 0.0753. The molecule has 2 heterocycles. The molecule has 2 aromatic heterocycles. The Kier molecular flexibility index (Phi) is 12.3. The van der Waals surface area contributed by atoms with E-state index in [1.54, 1.807) is 0 Å². The summed E-state index contributed by atoms with van der Waals surface area (Å²) in [4.78, 5) is 6.64. The van der Waals surface area contributed by atoms with E-state index in [0.29, 0.717) is 5.39 Å². The van der Waals surface area contributed by atoms with Gasteiger partial charge in [-0.1, -0.05) is 18.2 Å². The van der Waals surface area contributed by atoms with Crippen LogP contribution in [-0.4, -0.2) is 56.9 Å². The van der Waals surface area contributed by atoms with E-state index in [-0.39, 0.29) is 28.2 Å². The lowest BCUT2D eigenvalue weighted by atomic mass is 10.2. The van der Waals surface area contributed by atoms with Crippen molar-refractivity contribution >= 4 is 52.2 Å². The second-order valence-electron chi connectivity index (χ2n) is 8.91. The van der Waals surface area contributed by atoms with Crippen molar-refractivity contribution < 1.29 is 104 Å². The van der Waals surface area contributed by atoms with Crippen molar-refractivity contribution in [1.29, 1.82) is 0 Å². The van der Waals surface area contributed by atoms with Gasteiger partial charge in [0.2, 0.25) is 0 Å². The van der Waals surface area contributed by atoms with Crippen LogP contribution in [0, 0.1) is 0 Å². The second-order valence-corrected chi connectivity index (χ2v) is 13.7. The molecule has 52 heavy (non-hydrogen) atoms. The molecule has 11 nitrogen and oxygen atoms in total.